The number of hydrogen-bond acceptors (Lipinski definition) is 9. The number of unbranched alkanes of at least 4 members (excludes halogenated alkanes) is 8. The molecule has 79 heavy (non-hydrogen) atoms. The minimum absolute atomic E-state index is 0.112. The Morgan fingerprint density at radius 1 is 0.456 bits per heavy atom. The number of esters is 1. The summed E-state index contributed by atoms with van der Waals surface area (Å²) in [5, 5.41) is 0. The Balaban J connectivity index is 1.21. The summed E-state index contributed by atoms with van der Waals surface area (Å²) in [6, 6.07) is 65.0. The topological polar surface area (TPSA) is 98.8 Å². The molecule has 9 rings (SSSR count). The fourth-order valence-corrected chi connectivity index (χ4v) is 10.1. The van der Waals surface area contributed by atoms with Gasteiger partial charge in [-0.05, 0) is 58.0 Å². The second kappa shape index (κ2) is 28.9. The zero-order valence-corrected chi connectivity index (χ0v) is 45.6. The highest BCUT2D eigenvalue weighted by atomic mass is 16.6. The molecule has 0 unspecified atom stereocenters. The minimum Gasteiger partial charge on any atom is -0.489 e. The average molecular weight is 1060 g/mol. The highest BCUT2D eigenvalue weighted by molar-refractivity contribution is 6.02. The van der Waals surface area contributed by atoms with Crippen LogP contribution in [-0.4, -0.2) is 17.9 Å². The van der Waals surface area contributed by atoms with Crippen LogP contribution in [0.5, 0.6) is 34.5 Å². The van der Waals surface area contributed by atoms with Crippen LogP contribution in [0.1, 0.15) is 145 Å². The summed E-state index contributed by atoms with van der Waals surface area (Å²) < 4.78 is 47.5. The minimum atomic E-state index is -1.02. The summed E-state index contributed by atoms with van der Waals surface area (Å²) in [7, 11) is 0. The Hall–Kier alpha value is -8.30. The highest BCUT2D eigenvalue weighted by Gasteiger charge is 2.46. The first-order valence-corrected chi connectivity index (χ1v) is 28.1. The molecule has 0 saturated carbocycles. The van der Waals surface area contributed by atoms with Gasteiger partial charge >= 0.3 is 5.97 Å². The third-order valence-corrected chi connectivity index (χ3v) is 14.3. The Morgan fingerprint density at radius 3 is 1.41 bits per heavy atom. The number of carbonyl (C=O) groups excluding carboxylic acids is 2. The second-order valence-electron chi connectivity index (χ2n) is 20.2. The van der Waals surface area contributed by atoms with E-state index in [0.29, 0.717) is 70.8 Å². The summed E-state index contributed by atoms with van der Waals surface area (Å²) in [6.07, 6.45) is 8.33. The van der Waals surface area contributed by atoms with Crippen LogP contribution in [0, 0.1) is 0 Å². The van der Waals surface area contributed by atoms with Crippen LogP contribution in [0.2, 0.25) is 0 Å². The fraction of sp³-hybridized carbons (Fsp3) is 0.286. The molecule has 9 heteroatoms. The molecule has 0 amide bonds. The van der Waals surface area contributed by atoms with Crippen LogP contribution in [0.4, 0.5) is 0 Å². The molecule has 8 aromatic rings. The largest absolute Gasteiger partial charge is 0.489 e. The molecule has 0 fully saturated rings. The summed E-state index contributed by atoms with van der Waals surface area (Å²) in [5.41, 5.74) is 7.04. The van der Waals surface area contributed by atoms with Crippen LogP contribution in [0.3, 0.4) is 0 Å². The van der Waals surface area contributed by atoms with E-state index < -0.39 is 24.1 Å². The number of ketones is 1. The number of hydrogen-bond donors (Lipinski definition) is 0. The zero-order chi connectivity index (χ0) is 54.4. The molecular weight excluding hydrogens is 985 g/mol. The maximum Gasteiger partial charge on any atom is 0.303 e. The maximum absolute atomic E-state index is 15.5. The van der Waals surface area contributed by atoms with Crippen molar-refractivity contribution in [3.05, 3.63) is 250 Å². The van der Waals surface area contributed by atoms with Gasteiger partial charge in [-0.15, -0.1) is 0 Å². The first-order valence-electron chi connectivity index (χ1n) is 28.1. The molecule has 1 aliphatic rings. The molecule has 0 bridgehead atoms. The van der Waals surface area contributed by atoms with Gasteiger partial charge < -0.3 is 33.2 Å². The SMILES string of the molecule is CCCCCCCCCCCC(=O)c1c(OCc2ccccc2)cc(OCc2ccccc2)c([C@H]2c3ccc(OCc4ccccc4)cc3O[C@H](c3ccc(OCc4ccccc4)cc3)[C@H]2OC(C)=O)c1OCc1ccccc1. The molecule has 0 aromatic heterocycles. The molecule has 0 radical (unpaired) electrons. The van der Waals surface area contributed by atoms with Crippen molar-refractivity contribution < 1.29 is 42.7 Å². The normalized spacial score (nSPS) is 14.5. The summed E-state index contributed by atoms with van der Waals surface area (Å²) in [6.45, 7) is 4.83. The molecule has 9 nitrogen and oxygen atoms in total. The summed E-state index contributed by atoms with van der Waals surface area (Å²) in [5.74, 6) is 1.31. The third kappa shape index (κ3) is 15.7. The lowest BCUT2D eigenvalue weighted by Gasteiger charge is -2.40. The quantitative estimate of drug-likeness (QED) is 0.0258. The molecule has 0 N–H and O–H groups in total. The van der Waals surface area contributed by atoms with Crippen molar-refractivity contribution in [3.8, 4) is 34.5 Å². The first kappa shape index (κ1) is 55.5. The van der Waals surface area contributed by atoms with Crippen molar-refractivity contribution in [1.82, 2.24) is 0 Å². The Morgan fingerprint density at radius 2 is 0.899 bits per heavy atom. The van der Waals surface area contributed by atoms with E-state index >= 15 is 4.79 Å². The van der Waals surface area contributed by atoms with Crippen molar-refractivity contribution in [3.63, 3.8) is 0 Å². The lowest BCUT2D eigenvalue weighted by Crippen LogP contribution is -2.39. The first-order chi connectivity index (χ1) is 38.9. The smallest absolute Gasteiger partial charge is 0.303 e. The Labute approximate surface area is 466 Å². The molecule has 8 aromatic carbocycles. The molecule has 3 atom stereocenters. The lowest BCUT2D eigenvalue weighted by molar-refractivity contribution is -0.153. The van der Waals surface area contributed by atoms with Gasteiger partial charge in [0.2, 0.25) is 0 Å². The van der Waals surface area contributed by atoms with Crippen molar-refractivity contribution in [1.29, 1.82) is 0 Å². The second-order valence-corrected chi connectivity index (χ2v) is 20.2. The average Bonchev–Trinajstić information content (AvgIpc) is 3.60. The van der Waals surface area contributed by atoms with Crippen molar-refractivity contribution in [2.45, 2.75) is 129 Å². The van der Waals surface area contributed by atoms with Gasteiger partial charge in [0.25, 0.3) is 0 Å². The number of carbonyl (C=O) groups is 2. The fourth-order valence-electron chi connectivity index (χ4n) is 10.1. The van der Waals surface area contributed by atoms with E-state index in [2.05, 4.69) is 6.92 Å². The van der Waals surface area contributed by atoms with Crippen LogP contribution < -0.4 is 28.4 Å². The van der Waals surface area contributed by atoms with Gasteiger partial charge in [-0.25, -0.2) is 0 Å². The van der Waals surface area contributed by atoms with Gasteiger partial charge in [-0.3, -0.25) is 9.59 Å². The third-order valence-electron chi connectivity index (χ3n) is 14.3. The zero-order valence-electron chi connectivity index (χ0n) is 45.6. The van der Waals surface area contributed by atoms with Crippen LogP contribution in [0.15, 0.2) is 200 Å². The van der Waals surface area contributed by atoms with Gasteiger partial charge in [0.1, 0.15) is 73.1 Å². The van der Waals surface area contributed by atoms with Crippen molar-refractivity contribution in [2.75, 3.05) is 0 Å². The number of fused-ring (bicyclic) bond motifs is 1. The van der Waals surface area contributed by atoms with Gasteiger partial charge in [0, 0.05) is 36.6 Å². The van der Waals surface area contributed by atoms with Crippen LogP contribution in [0.25, 0.3) is 0 Å². The summed E-state index contributed by atoms with van der Waals surface area (Å²) in [4.78, 5) is 29.3. The van der Waals surface area contributed by atoms with Gasteiger partial charge in [-0.2, -0.15) is 0 Å². The van der Waals surface area contributed by atoms with Gasteiger partial charge in [0.05, 0.1) is 5.92 Å². The molecule has 1 aliphatic heterocycles. The van der Waals surface area contributed by atoms with E-state index in [9.17, 15) is 4.79 Å². The van der Waals surface area contributed by atoms with Gasteiger partial charge in [-0.1, -0.05) is 228 Å². The van der Waals surface area contributed by atoms with Crippen LogP contribution >= 0.6 is 0 Å². The van der Waals surface area contributed by atoms with E-state index in [1.807, 2.05) is 200 Å². The number of ether oxygens (including phenoxy) is 7. The lowest BCUT2D eigenvalue weighted by atomic mass is 9.78. The summed E-state index contributed by atoms with van der Waals surface area (Å²) >= 11 is 0. The highest BCUT2D eigenvalue weighted by Crippen LogP contribution is 2.55. The van der Waals surface area contributed by atoms with E-state index in [0.717, 1.165) is 52.6 Å². The monoisotopic (exact) mass is 1060 g/mol. The van der Waals surface area contributed by atoms with E-state index in [1.54, 1.807) is 0 Å². The predicted molar refractivity (Wildman–Crippen MR) is 310 cm³/mol. The molecule has 406 valence electrons. The van der Waals surface area contributed by atoms with Gasteiger partial charge in [0.15, 0.2) is 18.0 Å². The van der Waals surface area contributed by atoms with Crippen molar-refractivity contribution >= 4 is 11.8 Å². The molecule has 0 aliphatic carbocycles. The van der Waals surface area contributed by atoms with E-state index in [1.165, 1.54) is 39.0 Å². The number of rotatable bonds is 29. The standard InChI is InChI=1S/C70H72O9/c1-3-4-5-6-7-8-9-10-26-37-61(72)66-63(75-48-54-31-20-13-21-32-54)45-64(76-49-55-33-22-14-23-34-55)67(69(66)77-50-56-35-24-15-25-36-56)65-60-43-42-59(74-47-53-29-18-12-19-30-53)44-62(60)79-68(70(65)78-51(2)71)57-38-40-58(41-39-57)73-46-52-27-16-11-17-28-52/h11-25,27-36,38-45,65,68,70H,3-10,26,37,46-50H2,1-2H3/t65-,68-,70+/m1/s1. The Kier molecular flexibility index (Phi) is 20.3. The van der Waals surface area contributed by atoms with E-state index in [4.69, 9.17) is 33.2 Å². The molecule has 0 saturated heterocycles. The molecular formula is C70H72O9. The number of benzene rings is 8. The Bertz CT molecular complexity index is 3130. The van der Waals surface area contributed by atoms with Crippen LogP contribution in [-0.2, 0) is 42.6 Å². The molecule has 1 heterocycles. The van der Waals surface area contributed by atoms with Crippen molar-refractivity contribution in [2.24, 2.45) is 0 Å². The maximum atomic E-state index is 15.5. The van der Waals surface area contributed by atoms with E-state index in [-0.39, 0.29) is 32.0 Å². The molecule has 0 spiro atoms. The predicted octanol–water partition coefficient (Wildman–Crippen LogP) is 16.9. The number of Topliss-reactive ketones (excluding diaryl/α,β-unsaturated/α-hetero) is 1.